The van der Waals surface area contributed by atoms with Gasteiger partial charge in [0.25, 0.3) is 0 Å². The van der Waals surface area contributed by atoms with Crippen LogP contribution < -0.4 is 5.32 Å². The summed E-state index contributed by atoms with van der Waals surface area (Å²) in [4.78, 5) is 7.78. The van der Waals surface area contributed by atoms with Gasteiger partial charge in [0, 0.05) is 73.9 Å². The first kappa shape index (κ1) is 31.7. The highest BCUT2D eigenvalue weighted by molar-refractivity contribution is 6.60. The summed E-state index contributed by atoms with van der Waals surface area (Å²) in [5, 5.41) is 3.89. The third-order valence-electron chi connectivity index (χ3n) is 7.81. The zero-order chi connectivity index (χ0) is 26.3. The minimum atomic E-state index is -2.62. The summed E-state index contributed by atoms with van der Waals surface area (Å²) >= 11 is 0. The first-order valence-electron chi connectivity index (χ1n) is 13.9. The molecule has 36 heavy (non-hydrogen) atoms. The number of nitrogens with one attached hydrogen (secondary N) is 1. The third kappa shape index (κ3) is 9.97. The van der Waals surface area contributed by atoms with Gasteiger partial charge in [-0.2, -0.15) is 0 Å². The minimum Gasteiger partial charge on any atom is -0.377 e. The second-order valence-corrected chi connectivity index (χ2v) is 16.2. The molecule has 0 radical (unpaired) electrons. The van der Waals surface area contributed by atoms with Crippen LogP contribution in [0.25, 0.3) is 0 Å². The number of nitrogens with zero attached hydrogens (tertiary/aromatic N) is 2. The van der Waals surface area contributed by atoms with E-state index >= 15 is 0 Å². The second kappa shape index (κ2) is 17.1. The summed E-state index contributed by atoms with van der Waals surface area (Å²) in [6.45, 7) is 1.72. The first-order valence-corrected chi connectivity index (χ1v) is 17.8. The van der Waals surface area contributed by atoms with Crippen molar-refractivity contribution in [1.29, 1.82) is 0 Å². The Hall–Kier alpha value is -0.536. The highest BCUT2D eigenvalue weighted by Crippen LogP contribution is 2.23. The molecule has 0 aliphatic heterocycles. The topological polar surface area (TPSA) is 83.0 Å². The molecule has 0 atom stereocenters. The van der Waals surface area contributed by atoms with E-state index in [1.54, 1.807) is 42.7 Å². The van der Waals surface area contributed by atoms with Crippen molar-refractivity contribution in [3.05, 3.63) is 0 Å². The molecule has 2 saturated carbocycles. The monoisotopic (exact) mass is 547 g/mol. The molecule has 2 aliphatic rings. The van der Waals surface area contributed by atoms with E-state index in [-0.39, 0.29) is 0 Å². The van der Waals surface area contributed by atoms with Crippen molar-refractivity contribution in [3.8, 4) is 0 Å². The Morgan fingerprint density at radius 3 is 1.50 bits per heavy atom. The quantitative estimate of drug-likeness (QED) is 0.173. The molecule has 0 heterocycles. The molecule has 11 heteroatoms. The molecule has 1 N–H and O–H groups in total. The van der Waals surface area contributed by atoms with E-state index in [1.165, 1.54) is 64.2 Å². The Balaban J connectivity index is 2.19. The van der Waals surface area contributed by atoms with Gasteiger partial charge in [-0.3, -0.25) is 0 Å². The van der Waals surface area contributed by atoms with E-state index in [1.807, 2.05) is 0 Å². The van der Waals surface area contributed by atoms with Gasteiger partial charge in [0.05, 0.1) is 6.04 Å². The predicted octanol–water partition coefficient (Wildman–Crippen LogP) is 4.44. The van der Waals surface area contributed by atoms with Gasteiger partial charge in [0.15, 0.2) is 5.96 Å². The summed E-state index contributed by atoms with van der Waals surface area (Å²) in [5.74, 6) is 1.06. The van der Waals surface area contributed by atoms with Crippen molar-refractivity contribution in [3.63, 3.8) is 0 Å². The Labute approximate surface area is 222 Å². The maximum atomic E-state index is 5.68. The van der Waals surface area contributed by atoms with E-state index in [0.29, 0.717) is 12.1 Å². The largest absolute Gasteiger partial charge is 0.500 e. The van der Waals surface area contributed by atoms with Crippen molar-refractivity contribution < 1.29 is 26.6 Å². The second-order valence-electron chi connectivity index (χ2n) is 10.0. The molecule has 2 rings (SSSR count). The average Bonchev–Trinajstić information content (AvgIpc) is 2.94. The lowest BCUT2D eigenvalue weighted by molar-refractivity contribution is 0.121. The number of rotatable bonds is 16. The number of hydrogen-bond donors (Lipinski definition) is 1. The van der Waals surface area contributed by atoms with Gasteiger partial charge in [0.2, 0.25) is 0 Å². The van der Waals surface area contributed by atoms with Crippen molar-refractivity contribution in [2.24, 2.45) is 4.99 Å². The average molecular weight is 548 g/mol. The summed E-state index contributed by atoms with van der Waals surface area (Å²) < 4.78 is 34.1. The van der Waals surface area contributed by atoms with E-state index < -0.39 is 17.6 Å². The summed E-state index contributed by atoms with van der Waals surface area (Å²) in [6, 6.07) is 2.43. The molecular formula is C25H53N3O6Si2. The maximum Gasteiger partial charge on any atom is 0.500 e. The smallest absolute Gasteiger partial charge is 0.377 e. The highest BCUT2D eigenvalue weighted by atomic mass is 28.4. The zero-order valence-electron chi connectivity index (χ0n) is 23.8. The van der Waals surface area contributed by atoms with Crippen molar-refractivity contribution >= 4 is 23.6 Å². The Morgan fingerprint density at radius 1 is 0.667 bits per heavy atom. The SMILES string of the molecule is CO[Si](CCCN(CCC[Si](OC)(OC)OC)C(=NC1CCCCC1)NC1CCCCC1)(OC)OC. The Morgan fingerprint density at radius 2 is 1.08 bits per heavy atom. The molecule has 2 aliphatic carbocycles. The highest BCUT2D eigenvalue weighted by Gasteiger charge is 2.38. The molecule has 0 spiro atoms. The van der Waals surface area contributed by atoms with Gasteiger partial charge in [0.1, 0.15) is 0 Å². The predicted molar refractivity (Wildman–Crippen MR) is 148 cm³/mol. The fraction of sp³-hybridized carbons (Fsp3) is 0.960. The van der Waals surface area contributed by atoms with Crippen LogP contribution in [0.5, 0.6) is 0 Å². The molecule has 0 bridgehead atoms. The van der Waals surface area contributed by atoms with E-state index in [9.17, 15) is 0 Å². The van der Waals surface area contributed by atoms with E-state index in [4.69, 9.17) is 31.5 Å². The van der Waals surface area contributed by atoms with Gasteiger partial charge in [-0.1, -0.05) is 38.5 Å². The van der Waals surface area contributed by atoms with Crippen LogP contribution in [0.3, 0.4) is 0 Å². The van der Waals surface area contributed by atoms with Gasteiger partial charge in [-0.25, -0.2) is 4.99 Å². The molecule has 0 aromatic rings. The normalized spacial score (nSPS) is 19.0. The minimum absolute atomic E-state index is 0.406. The number of hydrogen-bond acceptors (Lipinski definition) is 7. The van der Waals surface area contributed by atoms with Crippen molar-refractivity contribution in [2.75, 3.05) is 55.7 Å². The van der Waals surface area contributed by atoms with Crippen LogP contribution in [0.1, 0.15) is 77.0 Å². The van der Waals surface area contributed by atoms with E-state index in [0.717, 1.165) is 44.0 Å². The van der Waals surface area contributed by atoms with Crippen LogP contribution in [0.15, 0.2) is 4.99 Å². The fourth-order valence-electron chi connectivity index (χ4n) is 5.43. The van der Waals surface area contributed by atoms with Crippen LogP contribution >= 0.6 is 0 Å². The first-order chi connectivity index (χ1) is 17.5. The fourth-order valence-corrected chi connectivity index (χ4v) is 8.84. The van der Waals surface area contributed by atoms with Crippen LogP contribution in [-0.4, -0.2) is 96.3 Å². The molecule has 2 fully saturated rings. The van der Waals surface area contributed by atoms with Crippen LogP contribution in [0.2, 0.25) is 12.1 Å². The maximum absolute atomic E-state index is 5.68. The van der Waals surface area contributed by atoms with Crippen molar-refractivity contribution in [1.82, 2.24) is 10.2 Å². The van der Waals surface area contributed by atoms with Crippen LogP contribution in [-0.2, 0) is 26.6 Å². The molecule has 0 aromatic carbocycles. The molecule has 0 amide bonds. The number of aliphatic imine (C=N–C) groups is 1. The van der Waals surface area contributed by atoms with Gasteiger partial charge in [-0.15, -0.1) is 0 Å². The summed E-state index contributed by atoms with van der Waals surface area (Å²) in [6.07, 6.45) is 14.4. The molecule has 212 valence electrons. The molecule has 0 saturated heterocycles. The third-order valence-corrected chi connectivity index (χ3v) is 13.5. The zero-order valence-corrected chi connectivity index (χ0v) is 25.8. The summed E-state index contributed by atoms with van der Waals surface area (Å²) in [5.41, 5.74) is 0. The summed E-state index contributed by atoms with van der Waals surface area (Å²) in [7, 11) is 4.85. The lowest BCUT2D eigenvalue weighted by atomic mass is 9.95. The molecular weight excluding hydrogens is 494 g/mol. The van der Waals surface area contributed by atoms with Gasteiger partial charge >= 0.3 is 17.6 Å². The van der Waals surface area contributed by atoms with Gasteiger partial charge < -0.3 is 36.8 Å². The van der Waals surface area contributed by atoms with Crippen LogP contribution in [0, 0.1) is 0 Å². The Kier molecular flexibility index (Phi) is 15.1. The Bertz CT molecular complexity index is 568. The standard InChI is InChI=1S/C25H53N3O6Si2/c1-29-35(30-2,31-3)21-13-19-28(20-14-22-36(32-4,33-5)34-6)25(26-23-15-9-7-10-16-23)27-24-17-11-8-12-18-24/h23-24H,7-22H2,1-6H3,(H,26,27). The lowest BCUT2D eigenvalue weighted by Crippen LogP contribution is -2.49. The molecule has 9 nitrogen and oxygen atoms in total. The number of guanidine groups is 1. The van der Waals surface area contributed by atoms with Crippen molar-refractivity contribution in [2.45, 2.75) is 101 Å². The van der Waals surface area contributed by atoms with Crippen LogP contribution in [0.4, 0.5) is 0 Å². The van der Waals surface area contributed by atoms with E-state index in [2.05, 4.69) is 10.2 Å². The molecule has 0 aromatic heterocycles. The molecule has 0 unspecified atom stereocenters. The van der Waals surface area contributed by atoms with Gasteiger partial charge in [-0.05, 0) is 38.5 Å². The lowest BCUT2D eigenvalue weighted by Gasteiger charge is -2.34.